The monoisotopic (exact) mass is 461 g/mol. The predicted octanol–water partition coefficient (Wildman–Crippen LogP) is 5.90. The van der Waals surface area contributed by atoms with Crippen molar-refractivity contribution in [3.8, 4) is 0 Å². The lowest BCUT2D eigenvalue weighted by molar-refractivity contribution is -0.137. The van der Waals surface area contributed by atoms with Gasteiger partial charge in [-0.25, -0.2) is 4.98 Å². The summed E-state index contributed by atoms with van der Waals surface area (Å²) in [7, 11) is 0. The lowest BCUT2D eigenvalue weighted by Crippen LogP contribution is -2.41. The largest absolute Gasteiger partial charge is 0.417 e. The number of para-hydroxylation sites is 1. The van der Waals surface area contributed by atoms with Gasteiger partial charge in [0.1, 0.15) is 0 Å². The van der Waals surface area contributed by atoms with Gasteiger partial charge in [-0.1, -0.05) is 30.7 Å². The summed E-state index contributed by atoms with van der Waals surface area (Å²) in [6, 6.07) is 10.7. The Morgan fingerprint density at radius 2 is 1.78 bits per heavy atom. The van der Waals surface area contributed by atoms with Gasteiger partial charge in [-0.3, -0.25) is 9.59 Å². The lowest BCUT2D eigenvalue weighted by atomic mass is 10.0. The molecule has 1 heterocycles. The molecule has 3 aromatic rings. The van der Waals surface area contributed by atoms with Crippen molar-refractivity contribution in [3.63, 3.8) is 0 Å². The molecule has 0 saturated heterocycles. The van der Waals surface area contributed by atoms with Gasteiger partial charge in [0.15, 0.2) is 5.01 Å². The number of nitrogens with zero attached hydrogens (tertiary/aromatic N) is 1. The van der Waals surface area contributed by atoms with Crippen LogP contribution in [0.2, 0.25) is 0 Å². The highest BCUT2D eigenvalue weighted by molar-refractivity contribution is 7.20. The molecule has 9 heteroatoms. The van der Waals surface area contributed by atoms with Gasteiger partial charge in [0.2, 0.25) is 5.78 Å². The van der Waals surface area contributed by atoms with E-state index in [1.165, 1.54) is 23.5 Å². The maximum Gasteiger partial charge on any atom is 0.417 e. The average Bonchev–Trinajstić information content (AvgIpc) is 3.18. The second-order valence-corrected chi connectivity index (χ2v) is 8.48. The SMILES string of the molecule is CC(=N)CCCC[C@H](NC(=O)c1ccccc1C(F)(F)F)C(=O)c1nc2ccccc2s1. The molecule has 2 aromatic carbocycles. The van der Waals surface area contributed by atoms with Crippen LogP contribution < -0.4 is 5.32 Å². The molecule has 0 unspecified atom stereocenters. The normalized spacial score (nSPS) is 12.5. The van der Waals surface area contributed by atoms with Crippen molar-refractivity contribution in [3.05, 3.63) is 64.7 Å². The van der Waals surface area contributed by atoms with Crippen LogP contribution in [0, 0.1) is 5.41 Å². The maximum atomic E-state index is 13.3. The van der Waals surface area contributed by atoms with E-state index < -0.39 is 35.0 Å². The Hall–Kier alpha value is -3.07. The number of aromatic nitrogens is 1. The van der Waals surface area contributed by atoms with Gasteiger partial charge in [0.25, 0.3) is 5.91 Å². The Morgan fingerprint density at radius 1 is 1.09 bits per heavy atom. The number of rotatable bonds is 9. The highest BCUT2D eigenvalue weighted by Gasteiger charge is 2.35. The molecule has 1 amide bonds. The van der Waals surface area contributed by atoms with Gasteiger partial charge in [0.05, 0.1) is 27.4 Å². The van der Waals surface area contributed by atoms with Crippen molar-refractivity contribution in [2.24, 2.45) is 0 Å². The molecule has 0 saturated carbocycles. The number of carbonyl (C=O) groups excluding carboxylic acids is 2. The number of halogens is 3. The molecule has 5 nitrogen and oxygen atoms in total. The Bertz CT molecular complexity index is 1110. The second-order valence-electron chi connectivity index (χ2n) is 7.45. The van der Waals surface area contributed by atoms with Crippen LogP contribution in [0.15, 0.2) is 48.5 Å². The Balaban J connectivity index is 1.85. The zero-order valence-electron chi connectivity index (χ0n) is 17.3. The Morgan fingerprint density at radius 3 is 2.47 bits per heavy atom. The van der Waals surface area contributed by atoms with Crippen LogP contribution in [0.5, 0.6) is 0 Å². The molecule has 3 rings (SSSR count). The number of ketones is 1. The van der Waals surface area contributed by atoms with Gasteiger partial charge in [-0.05, 0) is 50.5 Å². The molecule has 1 aromatic heterocycles. The van der Waals surface area contributed by atoms with Gasteiger partial charge < -0.3 is 10.7 Å². The second kappa shape index (κ2) is 10.0. The van der Waals surface area contributed by atoms with E-state index in [-0.39, 0.29) is 11.4 Å². The number of nitrogens with one attached hydrogen (secondary N) is 2. The van der Waals surface area contributed by atoms with Crippen LogP contribution in [0.25, 0.3) is 10.2 Å². The van der Waals surface area contributed by atoms with Crippen molar-refractivity contribution in [1.29, 1.82) is 5.41 Å². The summed E-state index contributed by atoms with van der Waals surface area (Å²) in [5, 5.41) is 10.2. The van der Waals surface area contributed by atoms with Crippen LogP contribution in [0.4, 0.5) is 13.2 Å². The Labute approximate surface area is 187 Å². The maximum absolute atomic E-state index is 13.3. The molecule has 0 aliphatic heterocycles. The number of unbranched alkanes of at least 4 members (excludes halogenated alkanes) is 1. The van der Waals surface area contributed by atoms with Crippen molar-refractivity contribution in [1.82, 2.24) is 10.3 Å². The number of benzene rings is 2. The van der Waals surface area contributed by atoms with E-state index in [4.69, 9.17) is 5.41 Å². The molecule has 32 heavy (non-hydrogen) atoms. The molecule has 168 valence electrons. The number of amides is 1. The van der Waals surface area contributed by atoms with E-state index in [9.17, 15) is 22.8 Å². The first-order chi connectivity index (χ1) is 15.2. The smallest absolute Gasteiger partial charge is 0.342 e. The summed E-state index contributed by atoms with van der Waals surface area (Å²) in [6.07, 6.45) is -2.75. The standard InChI is InChI=1S/C23H22F3N3O2S/c1-14(27)8-2-5-12-18(20(30)22-29-17-11-6-7-13-19(17)32-22)28-21(31)15-9-3-4-10-16(15)23(24,25)26/h3-4,6-7,9-11,13,18,27H,2,5,8,12H2,1H3,(H,28,31)/t18-/m0/s1. The molecule has 0 spiro atoms. The Kier molecular flexibility index (Phi) is 7.40. The number of Topliss-reactive ketones (excluding diaryl/α,β-unsaturated/α-hetero) is 1. The van der Waals surface area contributed by atoms with E-state index >= 15 is 0 Å². The van der Waals surface area contributed by atoms with Crippen LogP contribution in [0.1, 0.15) is 58.3 Å². The summed E-state index contributed by atoms with van der Waals surface area (Å²) in [5.74, 6) is -1.39. The molecule has 1 atom stereocenters. The minimum Gasteiger partial charge on any atom is -0.342 e. The summed E-state index contributed by atoms with van der Waals surface area (Å²) < 4.78 is 40.8. The number of hydrogen-bond donors (Lipinski definition) is 2. The first-order valence-corrected chi connectivity index (χ1v) is 10.9. The van der Waals surface area contributed by atoms with E-state index in [2.05, 4.69) is 10.3 Å². The quantitative estimate of drug-likeness (QED) is 0.237. The fourth-order valence-electron chi connectivity index (χ4n) is 3.30. The van der Waals surface area contributed by atoms with Crippen LogP contribution in [-0.2, 0) is 6.18 Å². The van der Waals surface area contributed by atoms with E-state index in [0.717, 1.165) is 16.8 Å². The van der Waals surface area contributed by atoms with Gasteiger partial charge in [-0.2, -0.15) is 13.2 Å². The predicted molar refractivity (Wildman–Crippen MR) is 119 cm³/mol. The van der Waals surface area contributed by atoms with Crippen molar-refractivity contribution < 1.29 is 22.8 Å². The first kappa shape index (κ1) is 23.6. The third kappa shape index (κ3) is 5.79. The summed E-state index contributed by atoms with van der Waals surface area (Å²) in [6.45, 7) is 1.68. The molecular weight excluding hydrogens is 439 g/mol. The molecule has 0 bridgehead atoms. The van der Waals surface area contributed by atoms with Gasteiger partial charge in [-0.15, -0.1) is 11.3 Å². The third-order valence-electron chi connectivity index (χ3n) is 4.90. The minimum absolute atomic E-state index is 0.198. The first-order valence-electron chi connectivity index (χ1n) is 10.1. The number of thiazole rings is 1. The van der Waals surface area contributed by atoms with Crippen molar-refractivity contribution in [2.75, 3.05) is 0 Å². The van der Waals surface area contributed by atoms with Crippen LogP contribution >= 0.6 is 11.3 Å². The zero-order chi connectivity index (χ0) is 23.3. The summed E-state index contributed by atoms with van der Waals surface area (Å²) in [5.41, 5.74) is -0.435. The van der Waals surface area contributed by atoms with Gasteiger partial charge in [0, 0.05) is 5.71 Å². The van der Waals surface area contributed by atoms with Crippen LogP contribution in [0.3, 0.4) is 0 Å². The zero-order valence-corrected chi connectivity index (χ0v) is 18.1. The molecule has 2 N–H and O–H groups in total. The van der Waals surface area contributed by atoms with E-state index in [1.807, 2.05) is 12.1 Å². The topological polar surface area (TPSA) is 82.9 Å². The molecule has 0 radical (unpaired) electrons. The van der Waals surface area contributed by atoms with Gasteiger partial charge >= 0.3 is 6.18 Å². The molecule has 0 aliphatic rings. The summed E-state index contributed by atoms with van der Waals surface area (Å²) in [4.78, 5) is 30.2. The van der Waals surface area contributed by atoms with Crippen LogP contribution in [-0.4, -0.2) is 28.4 Å². The fourth-order valence-corrected chi connectivity index (χ4v) is 4.26. The fraction of sp³-hybridized carbons (Fsp3) is 0.304. The number of alkyl halides is 3. The number of fused-ring (bicyclic) bond motifs is 1. The third-order valence-corrected chi connectivity index (χ3v) is 5.95. The summed E-state index contributed by atoms with van der Waals surface area (Å²) >= 11 is 1.18. The lowest BCUT2D eigenvalue weighted by Gasteiger charge is -2.18. The highest BCUT2D eigenvalue weighted by Crippen LogP contribution is 2.32. The van der Waals surface area contributed by atoms with E-state index in [0.29, 0.717) is 30.5 Å². The molecule has 0 aliphatic carbocycles. The highest BCUT2D eigenvalue weighted by atomic mass is 32.1. The average molecular weight is 462 g/mol. The van der Waals surface area contributed by atoms with Crippen molar-refractivity contribution in [2.45, 2.75) is 44.8 Å². The molecule has 0 fully saturated rings. The number of hydrogen-bond acceptors (Lipinski definition) is 5. The number of carbonyl (C=O) groups is 2. The minimum atomic E-state index is -4.69. The van der Waals surface area contributed by atoms with Crippen molar-refractivity contribution >= 4 is 39.0 Å². The molecular formula is C23H22F3N3O2S. The van der Waals surface area contributed by atoms with E-state index in [1.54, 1.807) is 19.1 Å².